The molecule has 0 aliphatic carbocycles. The minimum Gasteiger partial charge on any atom is -0.436 e. The molecule has 0 fully saturated rings. The normalized spacial score (nSPS) is 12.8. The highest BCUT2D eigenvalue weighted by atomic mass is 79.9. The Labute approximate surface area is 124 Å². The van der Waals surface area contributed by atoms with Crippen LogP contribution in [0, 0.1) is 0 Å². The molecule has 96 valence electrons. The Balaban J connectivity index is 2.08. The van der Waals surface area contributed by atoms with E-state index in [-0.39, 0.29) is 0 Å². The Morgan fingerprint density at radius 2 is 1.89 bits per heavy atom. The van der Waals surface area contributed by atoms with Crippen LogP contribution in [0.2, 0.25) is 5.02 Å². The van der Waals surface area contributed by atoms with E-state index >= 15 is 0 Å². The highest BCUT2D eigenvalue weighted by molar-refractivity contribution is 9.09. The van der Waals surface area contributed by atoms with Gasteiger partial charge in [0.2, 0.25) is 5.89 Å². The third-order valence-electron chi connectivity index (χ3n) is 2.96. The van der Waals surface area contributed by atoms with Gasteiger partial charge in [0.1, 0.15) is 5.52 Å². The molecule has 0 aliphatic rings. The summed E-state index contributed by atoms with van der Waals surface area (Å²) in [4.78, 5) is 4.82. The van der Waals surface area contributed by atoms with E-state index < -0.39 is 0 Å². The SMILES string of the molecule is CC(Br)c1ccc2oc(-c3ccc(Cl)cc3)nc2c1. The summed E-state index contributed by atoms with van der Waals surface area (Å²) in [6.07, 6.45) is 0. The number of nitrogens with zero attached hydrogens (tertiary/aromatic N) is 1. The Kier molecular flexibility index (Phi) is 3.33. The van der Waals surface area contributed by atoms with Gasteiger partial charge in [0.25, 0.3) is 0 Å². The summed E-state index contributed by atoms with van der Waals surface area (Å²) in [6, 6.07) is 13.5. The van der Waals surface area contributed by atoms with Crippen molar-refractivity contribution in [3.8, 4) is 11.5 Å². The first-order chi connectivity index (χ1) is 9.13. The molecule has 2 nitrogen and oxygen atoms in total. The highest BCUT2D eigenvalue weighted by Crippen LogP contribution is 2.29. The van der Waals surface area contributed by atoms with Gasteiger partial charge >= 0.3 is 0 Å². The first-order valence-electron chi connectivity index (χ1n) is 5.94. The van der Waals surface area contributed by atoms with Crippen LogP contribution in [-0.2, 0) is 0 Å². The van der Waals surface area contributed by atoms with Crippen molar-refractivity contribution in [2.45, 2.75) is 11.8 Å². The Morgan fingerprint density at radius 1 is 1.16 bits per heavy atom. The molecule has 3 rings (SSSR count). The lowest BCUT2D eigenvalue weighted by atomic mass is 10.1. The smallest absolute Gasteiger partial charge is 0.227 e. The van der Waals surface area contributed by atoms with Crippen molar-refractivity contribution < 1.29 is 4.42 Å². The standard InChI is InChI=1S/C15H11BrClNO/c1-9(16)11-4-7-14-13(8-11)18-15(19-14)10-2-5-12(17)6-3-10/h2-9H,1H3. The summed E-state index contributed by atoms with van der Waals surface area (Å²) in [5.74, 6) is 0.617. The van der Waals surface area contributed by atoms with Crippen LogP contribution in [0.4, 0.5) is 0 Å². The number of oxazole rings is 1. The number of alkyl halides is 1. The second-order valence-electron chi connectivity index (χ2n) is 4.37. The van der Waals surface area contributed by atoms with Gasteiger partial charge in [-0.3, -0.25) is 0 Å². The number of halogens is 2. The lowest BCUT2D eigenvalue weighted by molar-refractivity contribution is 0.620. The number of fused-ring (bicyclic) bond motifs is 1. The number of benzene rings is 2. The molecule has 0 N–H and O–H groups in total. The van der Waals surface area contributed by atoms with Crippen molar-refractivity contribution in [3.05, 3.63) is 53.1 Å². The van der Waals surface area contributed by atoms with Crippen molar-refractivity contribution in [1.29, 1.82) is 0 Å². The maximum atomic E-state index is 5.88. The third kappa shape index (κ3) is 2.53. The minimum absolute atomic E-state index is 0.299. The summed E-state index contributed by atoms with van der Waals surface area (Å²) in [5, 5.41) is 0.704. The molecule has 3 aromatic rings. The van der Waals surface area contributed by atoms with Gasteiger partial charge < -0.3 is 4.42 Å². The summed E-state index contributed by atoms with van der Waals surface area (Å²) in [7, 11) is 0. The molecule has 2 aromatic carbocycles. The molecule has 0 saturated carbocycles. The molecule has 0 amide bonds. The van der Waals surface area contributed by atoms with E-state index in [1.54, 1.807) is 0 Å². The maximum absolute atomic E-state index is 5.88. The third-order valence-corrected chi connectivity index (χ3v) is 3.74. The summed E-state index contributed by atoms with van der Waals surface area (Å²) in [6.45, 7) is 2.08. The van der Waals surface area contributed by atoms with Crippen molar-refractivity contribution >= 4 is 38.6 Å². The fourth-order valence-corrected chi connectivity index (χ4v) is 2.32. The van der Waals surface area contributed by atoms with Gasteiger partial charge in [0.15, 0.2) is 5.58 Å². The predicted octanol–water partition coefficient (Wildman–Crippen LogP) is 5.60. The molecule has 1 aromatic heterocycles. The number of hydrogen-bond acceptors (Lipinski definition) is 2. The van der Waals surface area contributed by atoms with E-state index in [2.05, 4.69) is 27.8 Å². The molecular weight excluding hydrogens is 326 g/mol. The molecular formula is C15H11BrClNO. The van der Waals surface area contributed by atoms with Gasteiger partial charge in [0.05, 0.1) is 0 Å². The lowest BCUT2D eigenvalue weighted by Crippen LogP contribution is -1.82. The van der Waals surface area contributed by atoms with Crippen LogP contribution in [0.15, 0.2) is 46.9 Å². The van der Waals surface area contributed by atoms with Crippen LogP contribution >= 0.6 is 27.5 Å². The van der Waals surface area contributed by atoms with Gasteiger partial charge in [-0.1, -0.05) is 33.6 Å². The number of aromatic nitrogens is 1. The summed E-state index contributed by atoms with van der Waals surface area (Å²) in [5.41, 5.74) is 3.77. The fraction of sp³-hybridized carbons (Fsp3) is 0.133. The van der Waals surface area contributed by atoms with Gasteiger partial charge in [-0.2, -0.15) is 0 Å². The molecule has 1 unspecified atom stereocenters. The molecule has 1 heterocycles. The van der Waals surface area contributed by atoms with Crippen LogP contribution in [0.25, 0.3) is 22.6 Å². The van der Waals surface area contributed by atoms with Crippen molar-refractivity contribution in [3.63, 3.8) is 0 Å². The van der Waals surface area contributed by atoms with Crippen LogP contribution in [0.3, 0.4) is 0 Å². The largest absolute Gasteiger partial charge is 0.436 e. The van der Waals surface area contributed by atoms with Crippen molar-refractivity contribution in [2.75, 3.05) is 0 Å². The fourth-order valence-electron chi connectivity index (χ4n) is 1.91. The second kappa shape index (κ2) is 4.99. The molecule has 0 radical (unpaired) electrons. The molecule has 0 spiro atoms. The van der Waals surface area contributed by atoms with Crippen molar-refractivity contribution in [2.24, 2.45) is 0 Å². The quantitative estimate of drug-likeness (QED) is 0.569. The second-order valence-corrected chi connectivity index (χ2v) is 6.18. The van der Waals surface area contributed by atoms with Crippen LogP contribution in [-0.4, -0.2) is 4.98 Å². The predicted molar refractivity (Wildman–Crippen MR) is 81.8 cm³/mol. The average Bonchev–Trinajstić information content (AvgIpc) is 2.82. The molecule has 1 atom stereocenters. The van der Waals surface area contributed by atoms with E-state index in [1.807, 2.05) is 42.5 Å². The Morgan fingerprint density at radius 3 is 2.58 bits per heavy atom. The van der Waals surface area contributed by atoms with Gasteiger partial charge in [-0.15, -0.1) is 0 Å². The van der Waals surface area contributed by atoms with Crippen LogP contribution in [0.5, 0.6) is 0 Å². The van der Waals surface area contributed by atoms with Gasteiger partial charge in [-0.25, -0.2) is 4.98 Å². The average molecular weight is 337 g/mol. The van der Waals surface area contributed by atoms with E-state index in [0.717, 1.165) is 16.7 Å². The highest BCUT2D eigenvalue weighted by Gasteiger charge is 2.10. The van der Waals surface area contributed by atoms with E-state index in [9.17, 15) is 0 Å². The lowest BCUT2D eigenvalue weighted by Gasteiger charge is -2.00. The van der Waals surface area contributed by atoms with Crippen LogP contribution in [0.1, 0.15) is 17.3 Å². The molecule has 4 heteroatoms. The minimum atomic E-state index is 0.299. The molecule has 0 aliphatic heterocycles. The topological polar surface area (TPSA) is 26.0 Å². The zero-order chi connectivity index (χ0) is 13.4. The Hall–Kier alpha value is -1.32. The first-order valence-corrected chi connectivity index (χ1v) is 7.23. The monoisotopic (exact) mass is 335 g/mol. The Bertz CT molecular complexity index is 719. The molecule has 19 heavy (non-hydrogen) atoms. The van der Waals surface area contributed by atoms with Crippen LogP contribution < -0.4 is 0 Å². The molecule has 0 bridgehead atoms. The summed E-state index contributed by atoms with van der Waals surface area (Å²) < 4.78 is 5.76. The molecule has 0 saturated heterocycles. The van der Waals surface area contributed by atoms with E-state index in [1.165, 1.54) is 5.56 Å². The van der Waals surface area contributed by atoms with E-state index in [0.29, 0.717) is 15.7 Å². The van der Waals surface area contributed by atoms with Gasteiger partial charge in [0, 0.05) is 15.4 Å². The van der Waals surface area contributed by atoms with E-state index in [4.69, 9.17) is 16.0 Å². The van der Waals surface area contributed by atoms with Crippen molar-refractivity contribution in [1.82, 2.24) is 4.98 Å². The number of hydrogen-bond donors (Lipinski definition) is 0. The zero-order valence-corrected chi connectivity index (χ0v) is 12.6. The number of rotatable bonds is 2. The maximum Gasteiger partial charge on any atom is 0.227 e. The zero-order valence-electron chi connectivity index (χ0n) is 10.2. The van der Waals surface area contributed by atoms with Gasteiger partial charge in [-0.05, 0) is 48.9 Å². The summed E-state index contributed by atoms with van der Waals surface area (Å²) >= 11 is 9.43. The first kappa shape index (κ1) is 12.7.